The zero-order valence-electron chi connectivity index (χ0n) is 12.2. The number of hydrogen-bond acceptors (Lipinski definition) is 4. The Kier molecular flexibility index (Phi) is 4.75. The number of nitrogens with zero attached hydrogens (tertiary/aromatic N) is 3. The van der Waals surface area contributed by atoms with Crippen LogP contribution >= 0.6 is 11.6 Å². The van der Waals surface area contributed by atoms with Crippen LogP contribution in [0.1, 0.15) is 29.0 Å². The number of aromatic nitrogens is 2. The van der Waals surface area contributed by atoms with E-state index in [1.165, 1.54) is 12.4 Å². The Balaban J connectivity index is 2.20. The van der Waals surface area contributed by atoms with Gasteiger partial charge in [-0.05, 0) is 18.6 Å². The molecule has 6 heteroatoms. The van der Waals surface area contributed by atoms with Crippen LogP contribution in [0.3, 0.4) is 0 Å². The second-order valence-corrected chi connectivity index (χ2v) is 5.06. The Morgan fingerprint density at radius 2 is 2.00 bits per heavy atom. The van der Waals surface area contributed by atoms with Gasteiger partial charge in [-0.3, -0.25) is 4.79 Å². The maximum atomic E-state index is 12.4. The predicted molar refractivity (Wildman–Crippen MR) is 83.5 cm³/mol. The summed E-state index contributed by atoms with van der Waals surface area (Å²) in [5.74, 6) is 0.422. The lowest BCUT2D eigenvalue weighted by Crippen LogP contribution is -2.30. The fourth-order valence-electron chi connectivity index (χ4n) is 1.95. The number of nitrogens with one attached hydrogen (secondary N) is 1. The van der Waals surface area contributed by atoms with Gasteiger partial charge in [-0.25, -0.2) is 9.97 Å². The van der Waals surface area contributed by atoms with Gasteiger partial charge in [-0.15, -0.1) is 0 Å². The molecule has 1 N–H and O–H groups in total. The lowest BCUT2D eigenvalue weighted by atomic mass is 10.1. The SMILES string of the molecule is CNc1cnc(C(=O)N(C)C(C)c2ccccc2Cl)cn1. The van der Waals surface area contributed by atoms with Crippen molar-refractivity contribution in [2.75, 3.05) is 19.4 Å². The minimum Gasteiger partial charge on any atom is -0.372 e. The van der Waals surface area contributed by atoms with Crippen LogP contribution in [0.4, 0.5) is 5.82 Å². The largest absolute Gasteiger partial charge is 0.372 e. The highest BCUT2D eigenvalue weighted by Crippen LogP contribution is 2.26. The molecule has 1 amide bonds. The third-order valence-corrected chi connectivity index (χ3v) is 3.73. The number of carbonyl (C=O) groups is 1. The molecule has 0 spiro atoms. The smallest absolute Gasteiger partial charge is 0.274 e. The molecule has 1 unspecified atom stereocenters. The van der Waals surface area contributed by atoms with Crippen molar-refractivity contribution in [1.29, 1.82) is 0 Å². The summed E-state index contributed by atoms with van der Waals surface area (Å²) in [6, 6.07) is 7.33. The van der Waals surface area contributed by atoms with Gasteiger partial charge in [-0.2, -0.15) is 0 Å². The van der Waals surface area contributed by atoms with E-state index < -0.39 is 0 Å². The molecule has 0 bridgehead atoms. The fraction of sp³-hybridized carbons (Fsp3) is 0.267. The van der Waals surface area contributed by atoms with Gasteiger partial charge in [0, 0.05) is 19.1 Å². The van der Waals surface area contributed by atoms with Crippen LogP contribution in [0, 0.1) is 0 Å². The number of carbonyl (C=O) groups excluding carboxylic acids is 1. The molecule has 0 radical (unpaired) electrons. The van der Waals surface area contributed by atoms with E-state index in [1.807, 2.05) is 31.2 Å². The molecule has 0 aliphatic carbocycles. The molecule has 5 nitrogen and oxygen atoms in total. The van der Waals surface area contributed by atoms with Crippen LogP contribution in [-0.2, 0) is 0 Å². The van der Waals surface area contributed by atoms with Crippen LogP contribution in [-0.4, -0.2) is 34.9 Å². The summed E-state index contributed by atoms with van der Waals surface area (Å²) in [5.41, 5.74) is 1.20. The van der Waals surface area contributed by atoms with E-state index in [4.69, 9.17) is 11.6 Å². The highest BCUT2D eigenvalue weighted by atomic mass is 35.5. The van der Waals surface area contributed by atoms with Crippen LogP contribution in [0.15, 0.2) is 36.7 Å². The van der Waals surface area contributed by atoms with Gasteiger partial charge < -0.3 is 10.2 Å². The molecule has 2 aromatic rings. The lowest BCUT2D eigenvalue weighted by Gasteiger charge is -2.25. The molecular formula is C15H17ClN4O. The molecule has 110 valence electrons. The zero-order chi connectivity index (χ0) is 15.4. The van der Waals surface area contributed by atoms with E-state index in [0.717, 1.165) is 5.56 Å². The van der Waals surface area contributed by atoms with Crippen LogP contribution < -0.4 is 5.32 Å². The molecular weight excluding hydrogens is 288 g/mol. The minimum atomic E-state index is -0.197. The van der Waals surface area contributed by atoms with Crippen LogP contribution in [0.2, 0.25) is 5.02 Å². The molecule has 1 aromatic heterocycles. The topological polar surface area (TPSA) is 58.1 Å². The van der Waals surface area contributed by atoms with Gasteiger partial charge in [0.2, 0.25) is 0 Å². The molecule has 1 heterocycles. The second-order valence-electron chi connectivity index (χ2n) is 4.65. The van der Waals surface area contributed by atoms with E-state index in [0.29, 0.717) is 16.5 Å². The summed E-state index contributed by atoms with van der Waals surface area (Å²) in [4.78, 5) is 22.3. The third-order valence-electron chi connectivity index (χ3n) is 3.38. The Morgan fingerprint density at radius 3 is 2.57 bits per heavy atom. The van der Waals surface area contributed by atoms with Crippen molar-refractivity contribution in [3.05, 3.63) is 52.9 Å². The first-order chi connectivity index (χ1) is 10.0. The Bertz CT molecular complexity index is 630. The van der Waals surface area contributed by atoms with Crippen molar-refractivity contribution in [3.8, 4) is 0 Å². The average Bonchev–Trinajstić information content (AvgIpc) is 2.53. The van der Waals surface area contributed by atoms with E-state index in [9.17, 15) is 4.79 Å². The molecule has 2 rings (SSSR count). The molecule has 0 aliphatic rings. The Morgan fingerprint density at radius 1 is 1.29 bits per heavy atom. The molecule has 0 saturated carbocycles. The van der Waals surface area contributed by atoms with Crippen LogP contribution in [0.5, 0.6) is 0 Å². The summed E-state index contributed by atoms with van der Waals surface area (Å²) in [6.45, 7) is 1.93. The van der Waals surface area contributed by atoms with E-state index in [2.05, 4.69) is 15.3 Å². The number of amides is 1. The Hall–Kier alpha value is -2.14. The molecule has 1 atom stereocenters. The highest BCUT2D eigenvalue weighted by molar-refractivity contribution is 6.31. The van der Waals surface area contributed by atoms with Gasteiger partial charge in [0.25, 0.3) is 5.91 Å². The summed E-state index contributed by atoms with van der Waals surface area (Å²) in [7, 11) is 3.47. The predicted octanol–water partition coefficient (Wildman–Crippen LogP) is 3.00. The van der Waals surface area contributed by atoms with E-state index in [1.54, 1.807) is 19.0 Å². The van der Waals surface area contributed by atoms with Crippen molar-refractivity contribution < 1.29 is 4.79 Å². The standard InChI is InChI=1S/C15H17ClN4O/c1-10(11-6-4-5-7-12(11)16)20(3)15(21)13-8-19-14(17-2)9-18-13/h4-10H,1-3H3,(H,17,19). The lowest BCUT2D eigenvalue weighted by molar-refractivity contribution is 0.0736. The van der Waals surface area contributed by atoms with Crippen LogP contribution in [0.25, 0.3) is 0 Å². The average molecular weight is 305 g/mol. The third kappa shape index (κ3) is 3.31. The van der Waals surface area contributed by atoms with E-state index >= 15 is 0 Å². The molecule has 0 saturated heterocycles. The van der Waals surface area contributed by atoms with Gasteiger partial charge in [0.15, 0.2) is 0 Å². The molecule has 0 aliphatic heterocycles. The number of benzene rings is 1. The maximum absolute atomic E-state index is 12.4. The summed E-state index contributed by atoms with van der Waals surface area (Å²) in [5, 5.41) is 3.50. The number of hydrogen-bond donors (Lipinski definition) is 1. The highest BCUT2D eigenvalue weighted by Gasteiger charge is 2.21. The first-order valence-electron chi connectivity index (χ1n) is 6.56. The van der Waals surface area contributed by atoms with Crippen molar-refractivity contribution in [3.63, 3.8) is 0 Å². The fourth-order valence-corrected chi connectivity index (χ4v) is 2.24. The van der Waals surface area contributed by atoms with E-state index in [-0.39, 0.29) is 11.9 Å². The number of rotatable bonds is 4. The van der Waals surface area contributed by atoms with Crippen molar-refractivity contribution in [2.24, 2.45) is 0 Å². The van der Waals surface area contributed by atoms with Gasteiger partial charge >= 0.3 is 0 Å². The second kappa shape index (κ2) is 6.54. The van der Waals surface area contributed by atoms with Crippen molar-refractivity contribution in [2.45, 2.75) is 13.0 Å². The monoisotopic (exact) mass is 304 g/mol. The van der Waals surface area contributed by atoms with Gasteiger partial charge in [-0.1, -0.05) is 29.8 Å². The van der Waals surface area contributed by atoms with Crippen molar-refractivity contribution >= 4 is 23.3 Å². The molecule has 21 heavy (non-hydrogen) atoms. The normalized spacial score (nSPS) is 11.8. The molecule has 1 aromatic carbocycles. The zero-order valence-corrected chi connectivity index (χ0v) is 12.9. The molecule has 0 fully saturated rings. The summed E-state index contributed by atoms with van der Waals surface area (Å²) >= 11 is 6.18. The summed E-state index contributed by atoms with van der Waals surface area (Å²) < 4.78 is 0. The summed E-state index contributed by atoms with van der Waals surface area (Å²) in [6.07, 6.45) is 2.99. The Labute approximate surface area is 129 Å². The first-order valence-corrected chi connectivity index (χ1v) is 6.93. The minimum absolute atomic E-state index is 0.156. The van der Waals surface area contributed by atoms with Gasteiger partial charge in [0.05, 0.1) is 18.4 Å². The van der Waals surface area contributed by atoms with Gasteiger partial charge in [0.1, 0.15) is 11.5 Å². The first kappa shape index (κ1) is 15.3. The number of anilines is 1. The van der Waals surface area contributed by atoms with Crippen molar-refractivity contribution in [1.82, 2.24) is 14.9 Å². The maximum Gasteiger partial charge on any atom is 0.274 e. The number of halogens is 1. The quantitative estimate of drug-likeness (QED) is 0.943.